The lowest BCUT2D eigenvalue weighted by molar-refractivity contribution is -0.140. The number of carbonyl (C=O) groups excluding carboxylic acids is 2. The van der Waals surface area contributed by atoms with E-state index in [1.807, 2.05) is 95.3 Å². The van der Waals surface area contributed by atoms with Gasteiger partial charge in [-0.2, -0.15) is 0 Å². The molecule has 0 spiro atoms. The molecule has 4 rings (SSSR count). The van der Waals surface area contributed by atoms with Crippen molar-refractivity contribution >= 4 is 27.5 Å². The third-order valence-electron chi connectivity index (χ3n) is 7.35. The molecule has 1 N–H and O–H groups in total. The van der Waals surface area contributed by atoms with Crippen LogP contribution in [0, 0.1) is 20.8 Å². The van der Waals surface area contributed by atoms with Crippen LogP contribution in [0.1, 0.15) is 41.7 Å². The van der Waals surface area contributed by atoms with Gasteiger partial charge in [0.05, 0.1) is 10.6 Å². The van der Waals surface area contributed by atoms with Gasteiger partial charge < -0.3 is 10.2 Å². The summed E-state index contributed by atoms with van der Waals surface area (Å²) >= 11 is 0. The molecule has 0 aliphatic heterocycles. The Labute approximate surface area is 261 Å². The van der Waals surface area contributed by atoms with Gasteiger partial charge in [-0.3, -0.25) is 13.9 Å². The molecule has 4 aromatic rings. The van der Waals surface area contributed by atoms with Crippen LogP contribution in [-0.2, 0) is 32.6 Å². The maximum absolute atomic E-state index is 14.5. The van der Waals surface area contributed by atoms with Gasteiger partial charge in [0, 0.05) is 19.0 Å². The Morgan fingerprint density at radius 2 is 1.34 bits per heavy atom. The number of benzene rings is 4. The summed E-state index contributed by atoms with van der Waals surface area (Å²) in [5, 5.41) is 2.98. The number of aryl methyl sites for hydroxylation is 3. The lowest BCUT2D eigenvalue weighted by Crippen LogP contribution is -2.54. The van der Waals surface area contributed by atoms with Crippen LogP contribution in [0.5, 0.6) is 0 Å². The van der Waals surface area contributed by atoms with Crippen molar-refractivity contribution in [1.29, 1.82) is 0 Å². The summed E-state index contributed by atoms with van der Waals surface area (Å²) in [6.07, 6.45) is 0.270. The fourth-order valence-electron chi connectivity index (χ4n) is 4.97. The fourth-order valence-corrected chi connectivity index (χ4v) is 6.38. The molecule has 0 fully saturated rings. The number of carbonyl (C=O) groups is 2. The maximum Gasteiger partial charge on any atom is 0.264 e. The molecule has 0 aliphatic rings. The molecule has 4 aromatic carbocycles. The molecule has 0 unspecified atom stereocenters. The van der Waals surface area contributed by atoms with Crippen LogP contribution in [0.3, 0.4) is 0 Å². The predicted octanol–water partition coefficient (Wildman–Crippen LogP) is 5.97. The summed E-state index contributed by atoms with van der Waals surface area (Å²) in [6.45, 7) is 9.14. The van der Waals surface area contributed by atoms with Crippen molar-refractivity contribution in [1.82, 2.24) is 10.2 Å². The van der Waals surface area contributed by atoms with Crippen LogP contribution < -0.4 is 9.62 Å². The highest BCUT2D eigenvalue weighted by Gasteiger charge is 2.34. The van der Waals surface area contributed by atoms with Crippen molar-refractivity contribution in [2.75, 3.05) is 10.8 Å². The Kier molecular flexibility index (Phi) is 10.6. The van der Waals surface area contributed by atoms with Crippen molar-refractivity contribution in [2.45, 2.75) is 64.6 Å². The molecule has 1 atom stereocenters. The second-order valence-corrected chi connectivity index (χ2v) is 13.4. The van der Waals surface area contributed by atoms with E-state index in [0.29, 0.717) is 5.69 Å². The van der Waals surface area contributed by atoms with Crippen LogP contribution >= 0.6 is 0 Å². The summed E-state index contributed by atoms with van der Waals surface area (Å²) in [6, 6.07) is 29.9. The fraction of sp³-hybridized carbons (Fsp3) is 0.278. The number of rotatable bonds is 12. The van der Waals surface area contributed by atoms with E-state index in [2.05, 4.69) is 5.32 Å². The number of hydrogen-bond donors (Lipinski definition) is 1. The predicted molar refractivity (Wildman–Crippen MR) is 176 cm³/mol. The molecule has 8 heteroatoms. The summed E-state index contributed by atoms with van der Waals surface area (Å²) in [4.78, 5) is 29.8. The van der Waals surface area contributed by atoms with Crippen LogP contribution in [0.15, 0.2) is 108 Å². The Hall–Kier alpha value is -4.43. The Balaban J connectivity index is 1.80. The van der Waals surface area contributed by atoms with Crippen LogP contribution in [-0.4, -0.2) is 43.8 Å². The molecule has 230 valence electrons. The first kappa shape index (κ1) is 32.5. The minimum atomic E-state index is -4.13. The maximum atomic E-state index is 14.5. The first-order valence-corrected chi connectivity index (χ1v) is 16.2. The standard InChI is InChI=1S/C36H41N3O4S/c1-26(2)37-36(41)34(23-30-11-7-6-8-12-30)38(24-31-18-14-27(3)15-19-31)35(40)25-39(32-13-9-10-29(5)22-32)44(42,43)33-20-16-28(4)17-21-33/h6-22,26,34H,23-25H2,1-5H3,(H,37,41)/t34-/m1/s1. The molecule has 2 amide bonds. The van der Waals surface area contributed by atoms with Gasteiger partial charge in [-0.25, -0.2) is 8.42 Å². The quantitative estimate of drug-likeness (QED) is 0.214. The molecule has 7 nitrogen and oxygen atoms in total. The highest BCUT2D eigenvalue weighted by molar-refractivity contribution is 7.92. The largest absolute Gasteiger partial charge is 0.352 e. The smallest absolute Gasteiger partial charge is 0.264 e. The third-order valence-corrected chi connectivity index (χ3v) is 9.14. The first-order valence-electron chi connectivity index (χ1n) is 14.8. The Bertz CT molecular complexity index is 1670. The summed E-state index contributed by atoms with van der Waals surface area (Å²) in [7, 11) is -4.13. The summed E-state index contributed by atoms with van der Waals surface area (Å²) in [5.74, 6) is -0.782. The number of sulfonamides is 1. The highest BCUT2D eigenvalue weighted by Crippen LogP contribution is 2.26. The van der Waals surface area contributed by atoms with Gasteiger partial charge in [0.2, 0.25) is 11.8 Å². The van der Waals surface area contributed by atoms with Crippen molar-refractivity contribution < 1.29 is 18.0 Å². The molecule has 0 saturated carbocycles. The van der Waals surface area contributed by atoms with E-state index in [1.165, 1.54) is 4.90 Å². The van der Waals surface area contributed by atoms with E-state index >= 15 is 0 Å². The van der Waals surface area contributed by atoms with Gasteiger partial charge in [0.25, 0.3) is 10.0 Å². The lowest BCUT2D eigenvalue weighted by Gasteiger charge is -2.34. The SMILES string of the molecule is Cc1ccc(CN(C(=O)CN(c2cccc(C)c2)S(=O)(=O)c2ccc(C)cc2)[C@H](Cc2ccccc2)C(=O)NC(C)C)cc1. The number of hydrogen-bond acceptors (Lipinski definition) is 4. The van der Waals surface area contributed by atoms with Crippen molar-refractivity contribution in [3.8, 4) is 0 Å². The lowest BCUT2D eigenvalue weighted by atomic mass is 10.0. The van der Waals surface area contributed by atoms with E-state index in [9.17, 15) is 18.0 Å². The molecule has 0 radical (unpaired) electrons. The summed E-state index contributed by atoms with van der Waals surface area (Å²) < 4.78 is 29.4. The molecule has 0 bridgehead atoms. The average Bonchev–Trinajstić information content (AvgIpc) is 2.98. The van der Waals surface area contributed by atoms with E-state index in [1.54, 1.807) is 42.5 Å². The molecule has 0 aliphatic carbocycles. The summed E-state index contributed by atoms with van der Waals surface area (Å²) in [5.41, 5.74) is 4.95. The number of nitrogens with zero attached hydrogens (tertiary/aromatic N) is 2. The van der Waals surface area contributed by atoms with Gasteiger partial charge >= 0.3 is 0 Å². The van der Waals surface area contributed by atoms with Crippen LogP contribution in [0.25, 0.3) is 0 Å². The highest BCUT2D eigenvalue weighted by atomic mass is 32.2. The van der Waals surface area contributed by atoms with E-state index < -0.39 is 28.5 Å². The van der Waals surface area contributed by atoms with Crippen molar-refractivity contribution in [3.05, 3.63) is 131 Å². The average molecular weight is 612 g/mol. The Morgan fingerprint density at radius 1 is 0.727 bits per heavy atom. The van der Waals surface area contributed by atoms with Gasteiger partial charge in [-0.05, 0) is 75.6 Å². The van der Waals surface area contributed by atoms with Gasteiger partial charge in [0.15, 0.2) is 0 Å². The number of amides is 2. The van der Waals surface area contributed by atoms with E-state index in [-0.39, 0.29) is 29.8 Å². The molecular weight excluding hydrogens is 570 g/mol. The van der Waals surface area contributed by atoms with E-state index in [4.69, 9.17) is 0 Å². The zero-order valence-electron chi connectivity index (χ0n) is 26.0. The number of nitrogens with one attached hydrogen (secondary N) is 1. The Morgan fingerprint density at radius 3 is 1.93 bits per heavy atom. The van der Waals surface area contributed by atoms with Crippen LogP contribution in [0.4, 0.5) is 5.69 Å². The molecule has 0 heterocycles. The topological polar surface area (TPSA) is 86.8 Å². The van der Waals surface area contributed by atoms with Crippen molar-refractivity contribution in [2.24, 2.45) is 0 Å². The van der Waals surface area contributed by atoms with Gasteiger partial charge in [-0.1, -0.05) is 90.0 Å². The minimum absolute atomic E-state index is 0.0841. The second-order valence-electron chi connectivity index (χ2n) is 11.5. The second kappa shape index (κ2) is 14.4. The normalized spacial score (nSPS) is 12.0. The molecule has 0 aromatic heterocycles. The molecule has 0 saturated heterocycles. The zero-order valence-corrected chi connectivity index (χ0v) is 26.8. The number of anilines is 1. The third kappa shape index (κ3) is 8.35. The van der Waals surface area contributed by atoms with Gasteiger partial charge in [0.1, 0.15) is 12.6 Å². The van der Waals surface area contributed by atoms with Crippen molar-refractivity contribution in [3.63, 3.8) is 0 Å². The van der Waals surface area contributed by atoms with Crippen LogP contribution in [0.2, 0.25) is 0 Å². The monoisotopic (exact) mass is 611 g/mol. The zero-order chi connectivity index (χ0) is 31.9. The molecule has 44 heavy (non-hydrogen) atoms. The minimum Gasteiger partial charge on any atom is -0.352 e. The molecular formula is C36H41N3O4S. The first-order chi connectivity index (χ1) is 20.9. The van der Waals surface area contributed by atoms with Gasteiger partial charge in [-0.15, -0.1) is 0 Å². The van der Waals surface area contributed by atoms with E-state index in [0.717, 1.165) is 32.1 Å².